The number of unbranched alkanes of at least 4 members (excludes halogenated alkanes) is 6. The predicted molar refractivity (Wildman–Crippen MR) is 151 cm³/mol. The molecule has 0 amide bonds. The fourth-order valence-corrected chi connectivity index (χ4v) is 3.80. The second-order valence-corrected chi connectivity index (χ2v) is 9.27. The summed E-state index contributed by atoms with van der Waals surface area (Å²) in [6.45, 7) is 1.60. The molecule has 0 radical (unpaired) electrons. The summed E-state index contributed by atoms with van der Waals surface area (Å²) in [4.78, 5) is 25.0. The molecule has 40 heavy (non-hydrogen) atoms. The van der Waals surface area contributed by atoms with E-state index in [1.54, 1.807) is 72.8 Å². The molecule has 3 rings (SSSR count). The number of esters is 2. The second kappa shape index (κ2) is 17.7. The first kappa shape index (κ1) is 30.7. The van der Waals surface area contributed by atoms with E-state index in [1.807, 2.05) is 0 Å². The maximum Gasteiger partial charge on any atom is 0.343 e. The Balaban J connectivity index is 1.40. The normalized spacial score (nSPS) is 10.7. The van der Waals surface area contributed by atoms with Gasteiger partial charge < -0.3 is 29.2 Å². The van der Waals surface area contributed by atoms with Crippen LogP contribution in [-0.2, 0) is 0 Å². The van der Waals surface area contributed by atoms with Gasteiger partial charge in [-0.15, -0.1) is 0 Å². The van der Waals surface area contributed by atoms with E-state index in [9.17, 15) is 9.59 Å². The number of benzene rings is 3. The van der Waals surface area contributed by atoms with Crippen molar-refractivity contribution >= 4 is 11.9 Å². The highest BCUT2D eigenvalue weighted by molar-refractivity contribution is 5.92. The highest BCUT2D eigenvalue weighted by Crippen LogP contribution is 2.21. The first-order valence-electron chi connectivity index (χ1n) is 13.8. The van der Waals surface area contributed by atoms with Gasteiger partial charge in [0.2, 0.25) is 0 Å². The topological polar surface area (TPSA) is 112 Å². The van der Waals surface area contributed by atoms with Crippen LogP contribution in [0.2, 0.25) is 0 Å². The van der Waals surface area contributed by atoms with Crippen LogP contribution in [0, 0.1) is 0 Å². The minimum absolute atomic E-state index is 0.219. The van der Waals surface area contributed by atoms with Gasteiger partial charge in [0.15, 0.2) is 0 Å². The number of hydrogen-bond acceptors (Lipinski definition) is 8. The van der Waals surface area contributed by atoms with E-state index in [0.717, 1.165) is 51.4 Å². The van der Waals surface area contributed by atoms with Crippen molar-refractivity contribution in [1.82, 2.24) is 0 Å². The number of aliphatic hydroxyl groups excluding tert-OH is 2. The van der Waals surface area contributed by atoms with Crippen LogP contribution in [0.4, 0.5) is 0 Å². The van der Waals surface area contributed by atoms with Gasteiger partial charge in [0.25, 0.3) is 0 Å². The van der Waals surface area contributed by atoms with Crippen molar-refractivity contribution < 1.29 is 38.7 Å². The molecule has 3 aromatic carbocycles. The molecule has 0 saturated heterocycles. The summed E-state index contributed by atoms with van der Waals surface area (Å²) in [5.41, 5.74) is 0.778. The van der Waals surface area contributed by atoms with Crippen LogP contribution in [0.25, 0.3) is 0 Å². The number of ether oxygens (including phenoxy) is 4. The highest BCUT2D eigenvalue weighted by Gasteiger charge is 2.12. The SMILES string of the molecule is O=C(Oc1ccc(OC(=O)c2ccc(OCCCCCCO)cc2)cc1)c1ccc(OCCCCCCO)cc1. The average molecular weight is 551 g/mol. The summed E-state index contributed by atoms with van der Waals surface area (Å²) in [5.74, 6) is 0.993. The third-order valence-corrected chi connectivity index (χ3v) is 6.07. The van der Waals surface area contributed by atoms with Crippen LogP contribution < -0.4 is 18.9 Å². The lowest BCUT2D eigenvalue weighted by atomic mass is 10.2. The van der Waals surface area contributed by atoms with Crippen molar-refractivity contribution in [3.63, 3.8) is 0 Å². The minimum Gasteiger partial charge on any atom is -0.494 e. The van der Waals surface area contributed by atoms with Gasteiger partial charge in [0, 0.05) is 13.2 Å². The first-order chi connectivity index (χ1) is 19.6. The lowest BCUT2D eigenvalue weighted by Crippen LogP contribution is -2.09. The molecular formula is C32H38O8. The number of carbonyl (C=O) groups excluding carboxylic acids is 2. The van der Waals surface area contributed by atoms with Crippen molar-refractivity contribution in [2.24, 2.45) is 0 Å². The molecule has 8 heteroatoms. The molecule has 0 atom stereocenters. The van der Waals surface area contributed by atoms with Crippen molar-refractivity contribution in [1.29, 1.82) is 0 Å². The van der Waals surface area contributed by atoms with Gasteiger partial charge in [-0.2, -0.15) is 0 Å². The lowest BCUT2D eigenvalue weighted by Gasteiger charge is -2.09. The summed E-state index contributed by atoms with van der Waals surface area (Å²) >= 11 is 0. The first-order valence-corrected chi connectivity index (χ1v) is 13.8. The number of aliphatic hydroxyl groups is 2. The largest absolute Gasteiger partial charge is 0.494 e. The molecule has 0 unspecified atom stereocenters. The maximum absolute atomic E-state index is 12.5. The van der Waals surface area contributed by atoms with E-state index in [0.29, 0.717) is 47.3 Å². The van der Waals surface area contributed by atoms with Gasteiger partial charge in [0.05, 0.1) is 24.3 Å². The zero-order chi connectivity index (χ0) is 28.4. The van der Waals surface area contributed by atoms with Crippen molar-refractivity contribution in [3.05, 3.63) is 83.9 Å². The van der Waals surface area contributed by atoms with Crippen molar-refractivity contribution in [2.75, 3.05) is 26.4 Å². The van der Waals surface area contributed by atoms with Crippen molar-refractivity contribution in [3.8, 4) is 23.0 Å². The standard InChI is InChI=1S/C32H38O8/c33-21-5-1-3-7-23-37-27-13-9-25(10-14-27)31(35)39-29-17-19-30(20-18-29)40-32(36)26-11-15-28(16-12-26)38-24-8-4-2-6-22-34/h9-20,33-34H,1-8,21-24H2. The predicted octanol–water partition coefficient (Wildman–Crippen LogP) is 5.99. The van der Waals surface area contributed by atoms with E-state index in [-0.39, 0.29) is 13.2 Å². The van der Waals surface area contributed by atoms with Gasteiger partial charge in [-0.3, -0.25) is 0 Å². The molecule has 2 N–H and O–H groups in total. The Morgan fingerprint density at radius 3 is 1.12 bits per heavy atom. The summed E-state index contributed by atoms with van der Waals surface area (Å²) < 4.78 is 22.2. The summed E-state index contributed by atoms with van der Waals surface area (Å²) in [6.07, 6.45) is 7.39. The molecule has 0 saturated carbocycles. The molecule has 0 bridgehead atoms. The molecule has 0 aliphatic rings. The molecular weight excluding hydrogens is 512 g/mol. The van der Waals surface area contributed by atoms with Crippen molar-refractivity contribution in [2.45, 2.75) is 51.4 Å². The smallest absolute Gasteiger partial charge is 0.343 e. The zero-order valence-corrected chi connectivity index (χ0v) is 22.8. The maximum atomic E-state index is 12.5. The molecule has 0 heterocycles. The van der Waals surface area contributed by atoms with Crippen LogP contribution in [-0.4, -0.2) is 48.6 Å². The van der Waals surface area contributed by atoms with Gasteiger partial charge in [-0.1, -0.05) is 12.8 Å². The molecule has 8 nitrogen and oxygen atoms in total. The van der Waals surface area contributed by atoms with Crippen LogP contribution in [0.5, 0.6) is 23.0 Å². The quantitative estimate of drug-likeness (QED) is 0.113. The number of hydrogen-bond donors (Lipinski definition) is 2. The Kier molecular flexibility index (Phi) is 13.5. The molecule has 214 valence electrons. The molecule has 0 aliphatic carbocycles. The molecule has 0 aromatic heterocycles. The van der Waals surface area contributed by atoms with E-state index < -0.39 is 11.9 Å². The minimum atomic E-state index is -0.507. The molecule has 0 aliphatic heterocycles. The highest BCUT2D eigenvalue weighted by atomic mass is 16.5. The van der Waals surface area contributed by atoms with Gasteiger partial charge in [-0.25, -0.2) is 9.59 Å². The van der Waals surface area contributed by atoms with E-state index >= 15 is 0 Å². The second-order valence-electron chi connectivity index (χ2n) is 9.27. The van der Waals surface area contributed by atoms with Gasteiger partial charge in [-0.05, 0) is 111 Å². The average Bonchev–Trinajstić information content (AvgIpc) is 2.98. The molecule has 3 aromatic rings. The van der Waals surface area contributed by atoms with Gasteiger partial charge in [0.1, 0.15) is 23.0 Å². The number of rotatable bonds is 18. The Labute approximate surface area is 235 Å². The van der Waals surface area contributed by atoms with Gasteiger partial charge >= 0.3 is 11.9 Å². The Morgan fingerprint density at radius 1 is 0.450 bits per heavy atom. The fraction of sp³-hybridized carbons (Fsp3) is 0.375. The third kappa shape index (κ3) is 11.1. The Bertz CT molecular complexity index is 1050. The lowest BCUT2D eigenvalue weighted by molar-refractivity contribution is 0.0719. The molecule has 0 fully saturated rings. The monoisotopic (exact) mass is 550 g/mol. The summed E-state index contributed by atoms with van der Waals surface area (Å²) in [7, 11) is 0. The summed E-state index contributed by atoms with van der Waals surface area (Å²) in [5, 5.41) is 17.6. The van der Waals surface area contributed by atoms with Crippen LogP contribution in [0.1, 0.15) is 72.1 Å². The Hall–Kier alpha value is -3.88. The Morgan fingerprint density at radius 2 is 0.775 bits per heavy atom. The van der Waals surface area contributed by atoms with E-state index in [2.05, 4.69) is 0 Å². The van der Waals surface area contributed by atoms with E-state index in [1.165, 1.54) is 0 Å². The van der Waals surface area contributed by atoms with Crippen LogP contribution in [0.15, 0.2) is 72.8 Å². The fourth-order valence-electron chi connectivity index (χ4n) is 3.80. The third-order valence-electron chi connectivity index (χ3n) is 6.07. The van der Waals surface area contributed by atoms with Crippen LogP contribution in [0.3, 0.4) is 0 Å². The zero-order valence-electron chi connectivity index (χ0n) is 22.8. The summed E-state index contributed by atoms with van der Waals surface area (Å²) in [6, 6.07) is 19.8. The number of carbonyl (C=O) groups is 2. The molecule has 0 spiro atoms. The van der Waals surface area contributed by atoms with E-state index in [4.69, 9.17) is 29.2 Å². The van der Waals surface area contributed by atoms with Crippen LogP contribution >= 0.6 is 0 Å².